The Balaban J connectivity index is 2.74. The van der Waals surface area contributed by atoms with Gasteiger partial charge in [0.25, 0.3) is 0 Å². The summed E-state index contributed by atoms with van der Waals surface area (Å²) in [5.41, 5.74) is 0.344. The van der Waals surface area contributed by atoms with Crippen molar-refractivity contribution in [2.24, 2.45) is 0 Å². The molecule has 0 radical (unpaired) electrons. The largest absolute Gasteiger partial charge is 0.508 e. The number of methoxy groups -OCH3 is 1. The summed E-state index contributed by atoms with van der Waals surface area (Å²) in [5, 5.41) is 11.7. The minimum absolute atomic E-state index is 0.0276. The molecular weight excluding hydrogens is 210 g/mol. The molecule has 0 aliphatic heterocycles. The predicted molar refractivity (Wildman–Crippen MR) is 59.8 cm³/mol. The van der Waals surface area contributed by atoms with Crippen molar-refractivity contribution in [2.45, 2.75) is 0 Å². The maximum atomic E-state index is 11.2. The van der Waals surface area contributed by atoms with Crippen molar-refractivity contribution in [1.29, 1.82) is 0 Å². The van der Waals surface area contributed by atoms with Crippen LogP contribution in [0.15, 0.2) is 30.9 Å². The van der Waals surface area contributed by atoms with E-state index in [1.165, 1.54) is 25.3 Å². The lowest BCUT2D eigenvalue weighted by atomic mass is 10.3. The van der Waals surface area contributed by atoms with E-state index in [1.54, 1.807) is 6.07 Å². The third-order valence-electron chi connectivity index (χ3n) is 1.75. The van der Waals surface area contributed by atoms with Crippen LogP contribution in [0.1, 0.15) is 0 Å². The van der Waals surface area contributed by atoms with Crippen LogP contribution in [0.3, 0.4) is 0 Å². The van der Waals surface area contributed by atoms with Crippen molar-refractivity contribution in [3.8, 4) is 11.5 Å². The van der Waals surface area contributed by atoms with E-state index in [-0.39, 0.29) is 12.4 Å². The quantitative estimate of drug-likeness (QED) is 0.767. The first kappa shape index (κ1) is 11.9. The lowest BCUT2D eigenvalue weighted by Crippen LogP contribution is -2.14. The first-order chi connectivity index (χ1) is 7.67. The van der Waals surface area contributed by atoms with Gasteiger partial charge in [-0.25, -0.2) is 4.79 Å². The molecule has 0 aromatic heterocycles. The van der Waals surface area contributed by atoms with Gasteiger partial charge in [-0.3, -0.25) is 5.32 Å². The molecule has 1 aromatic carbocycles. The molecule has 0 heterocycles. The van der Waals surface area contributed by atoms with E-state index in [0.29, 0.717) is 11.4 Å². The summed E-state index contributed by atoms with van der Waals surface area (Å²) >= 11 is 0. The van der Waals surface area contributed by atoms with Crippen LogP contribution in [0.2, 0.25) is 0 Å². The van der Waals surface area contributed by atoms with Crippen molar-refractivity contribution < 1.29 is 19.4 Å². The Kier molecular flexibility index (Phi) is 4.20. The van der Waals surface area contributed by atoms with Crippen LogP contribution in [0.4, 0.5) is 10.5 Å². The summed E-state index contributed by atoms with van der Waals surface area (Å²) in [7, 11) is 1.46. The normalized spacial score (nSPS) is 9.31. The summed E-state index contributed by atoms with van der Waals surface area (Å²) in [6, 6.07) is 4.37. The maximum Gasteiger partial charge on any atom is 0.412 e. The van der Waals surface area contributed by atoms with Crippen LogP contribution in [-0.2, 0) is 4.74 Å². The monoisotopic (exact) mass is 223 g/mol. The number of rotatable bonds is 4. The minimum atomic E-state index is -0.635. The second-order valence-corrected chi connectivity index (χ2v) is 2.90. The molecule has 86 valence electrons. The Labute approximate surface area is 93.3 Å². The number of benzene rings is 1. The van der Waals surface area contributed by atoms with Gasteiger partial charge in [-0.05, 0) is 12.1 Å². The zero-order valence-corrected chi connectivity index (χ0v) is 8.90. The highest BCUT2D eigenvalue weighted by Crippen LogP contribution is 2.28. The second kappa shape index (κ2) is 5.65. The van der Waals surface area contributed by atoms with Crippen molar-refractivity contribution in [3.05, 3.63) is 30.9 Å². The molecule has 2 N–H and O–H groups in total. The molecule has 0 unspecified atom stereocenters. The van der Waals surface area contributed by atoms with Gasteiger partial charge < -0.3 is 14.6 Å². The molecule has 0 bridgehead atoms. The van der Waals surface area contributed by atoms with Crippen molar-refractivity contribution in [1.82, 2.24) is 0 Å². The summed E-state index contributed by atoms with van der Waals surface area (Å²) in [4.78, 5) is 11.2. The number of carbonyl (C=O) groups is 1. The van der Waals surface area contributed by atoms with Crippen molar-refractivity contribution in [2.75, 3.05) is 19.0 Å². The number of amides is 1. The second-order valence-electron chi connectivity index (χ2n) is 2.90. The molecule has 0 atom stereocenters. The Hall–Kier alpha value is -2.17. The van der Waals surface area contributed by atoms with Crippen LogP contribution in [-0.4, -0.2) is 24.9 Å². The molecule has 5 nitrogen and oxygen atoms in total. The summed E-state index contributed by atoms with van der Waals surface area (Å²) in [6.45, 7) is 3.54. The lowest BCUT2D eigenvalue weighted by molar-refractivity contribution is 0.174. The molecule has 1 amide bonds. The zero-order chi connectivity index (χ0) is 12.0. The van der Waals surface area contributed by atoms with Gasteiger partial charge in [-0.1, -0.05) is 12.7 Å². The molecule has 0 aliphatic rings. The number of ether oxygens (including phenoxy) is 2. The first-order valence-corrected chi connectivity index (χ1v) is 4.59. The van der Waals surface area contributed by atoms with Gasteiger partial charge in [0.1, 0.15) is 18.1 Å². The fraction of sp³-hybridized carbons (Fsp3) is 0.182. The third kappa shape index (κ3) is 3.20. The number of carbonyl (C=O) groups excluding carboxylic acids is 1. The summed E-state index contributed by atoms with van der Waals surface area (Å²) in [5.74, 6) is 0.466. The fourth-order valence-corrected chi connectivity index (χ4v) is 1.07. The fourth-order valence-electron chi connectivity index (χ4n) is 1.07. The average Bonchev–Trinajstić information content (AvgIpc) is 2.27. The number of hydrogen-bond donors (Lipinski definition) is 2. The Morgan fingerprint density at radius 1 is 1.62 bits per heavy atom. The highest BCUT2D eigenvalue weighted by molar-refractivity contribution is 5.87. The molecule has 1 aromatic rings. The topological polar surface area (TPSA) is 67.8 Å². The minimum Gasteiger partial charge on any atom is -0.508 e. The maximum absolute atomic E-state index is 11.2. The first-order valence-electron chi connectivity index (χ1n) is 4.59. The molecule has 0 spiro atoms. The number of anilines is 1. The van der Waals surface area contributed by atoms with E-state index in [2.05, 4.69) is 11.9 Å². The van der Waals surface area contributed by atoms with E-state index in [1.807, 2.05) is 0 Å². The van der Waals surface area contributed by atoms with Gasteiger partial charge in [0.05, 0.1) is 12.8 Å². The summed E-state index contributed by atoms with van der Waals surface area (Å²) in [6.07, 6.45) is 0.822. The molecule has 0 aliphatic carbocycles. The average molecular weight is 223 g/mol. The number of aromatic hydroxyl groups is 1. The molecule has 5 heteroatoms. The number of nitrogens with one attached hydrogen (secondary N) is 1. The molecule has 0 fully saturated rings. The van der Waals surface area contributed by atoms with Crippen LogP contribution in [0.5, 0.6) is 11.5 Å². The van der Waals surface area contributed by atoms with E-state index in [0.717, 1.165) is 0 Å². The van der Waals surface area contributed by atoms with Crippen LogP contribution in [0.25, 0.3) is 0 Å². The van der Waals surface area contributed by atoms with Crippen molar-refractivity contribution in [3.63, 3.8) is 0 Å². The SMILES string of the molecule is C=CCOC(=O)Nc1cc(O)ccc1OC. The molecule has 1 rings (SSSR count). The Bertz CT molecular complexity index is 390. The van der Waals surface area contributed by atoms with Gasteiger partial charge in [0, 0.05) is 6.07 Å². The highest BCUT2D eigenvalue weighted by Gasteiger charge is 2.08. The van der Waals surface area contributed by atoms with Gasteiger partial charge in [-0.2, -0.15) is 0 Å². The predicted octanol–water partition coefficient (Wildman–Crippen LogP) is 2.14. The van der Waals surface area contributed by atoms with E-state index in [9.17, 15) is 9.90 Å². The molecular formula is C11H13NO4. The zero-order valence-electron chi connectivity index (χ0n) is 8.90. The standard InChI is InChI=1S/C11H13NO4/c1-3-6-16-11(14)12-9-7-8(13)4-5-10(9)15-2/h3-5,7,13H,1,6H2,2H3,(H,12,14). The number of phenolic OH excluding ortho intramolecular Hbond substituents is 1. The van der Waals surface area contributed by atoms with Gasteiger partial charge in [-0.15, -0.1) is 0 Å². The van der Waals surface area contributed by atoms with Crippen LogP contribution in [0, 0.1) is 0 Å². The Morgan fingerprint density at radius 3 is 3.00 bits per heavy atom. The van der Waals surface area contributed by atoms with Gasteiger partial charge in [0.15, 0.2) is 0 Å². The van der Waals surface area contributed by atoms with Gasteiger partial charge in [0.2, 0.25) is 0 Å². The highest BCUT2D eigenvalue weighted by atomic mass is 16.5. The van der Waals surface area contributed by atoms with Crippen LogP contribution < -0.4 is 10.1 Å². The van der Waals surface area contributed by atoms with Gasteiger partial charge >= 0.3 is 6.09 Å². The van der Waals surface area contributed by atoms with Crippen molar-refractivity contribution >= 4 is 11.8 Å². The van der Waals surface area contributed by atoms with E-state index >= 15 is 0 Å². The smallest absolute Gasteiger partial charge is 0.412 e. The Morgan fingerprint density at radius 2 is 2.38 bits per heavy atom. The number of hydrogen-bond acceptors (Lipinski definition) is 4. The third-order valence-corrected chi connectivity index (χ3v) is 1.75. The molecule has 16 heavy (non-hydrogen) atoms. The van der Waals surface area contributed by atoms with Crippen LogP contribution >= 0.6 is 0 Å². The van der Waals surface area contributed by atoms with E-state index in [4.69, 9.17) is 9.47 Å². The number of phenols is 1. The molecule has 0 saturated carbocycles. The van der Waals surface area contributed by atoms with E-state index < -0.39 is 6.09 Å². The lowest BCUT2D eigenvalue weighted by Gasteiger charge is -2.10. The molecule has 0 saturated heterocycles. The summed E-state index contributed by atoms with van der Waals surface area (Å²) < 4.78 is 9.73.